The van der Waals surface area contributed by atoms with Crippen LogP contribution in [0.15, 0.2) is 42.5 Å². The number of phenolic OH excluding ortho intramolecular Hbond substituents is 1. The molecule has 7 heteroatoms. The van der Waals surface area contributed by atoms with Crippen LogP contribution in [0.5, 0.6) is 5.75 Å². The van der Waals surface area contributed by atoms with E-state index in [4.69, 9.17) is 0 Å². The number of amides is 2. The smallest absolute Gasteiger partial charge is 0.243 e. The highest BCUT2D eigenvalue weighted by Crippen LogP contribution is 2.21. The number of aromatic hydroxyl groups is 1. The standard InChI is InChI=1S/C23H30N4O3/c1-16-5-4-6-17(2)22(16)25-21(29)15-24-23(30)18(3)26-11-13-27(14-12-26)19-7-9-20(28)10-8-19/h4-10,18,28H,11-15H2,1-3H3,(H,24,30)(H,25,29)/t18-/m0/s1. The molecule has 1 fully saturated rings. The number of phenols is 1. The number of hydrogen-bond donors (Lipinski definition) is 3. The molecule has 0 aliphatic carbocycles. The van der Waals surface area contributed by atoms with Crippen molar-refractivity contribution < 1.29 is 14.7 Å². The largest absolute Gasteiger partial charge is 0.508 e. The number of para-hydroxylation sites is 1. The maximum atomic E-state index is 12.5. The molecule has 2 amide bonds. The highest BCUT2D eigenvalue weighted by Gasteiger charge is 2.26. The van der Waals surface area contributed by atoms with E-state index in [1.165, 1.54) is 0 Å². The Morgan fingerprint density at radius 3 is 2.20 bits per heavy atom. The number of rotatable bonds is 6. The fourth-order valence-electron chi connectivity index (χ4n) is 3.71. The maximum absolute atomic E-state index is 12.5. The molecule has 0 unspecified atom stereocenters. The summed E-state index contributed by atoms with van der Waals surface area (Å²) < 4.78 is 0. The molecule has 1 heterocycles. The summed E-state index contributed by atoms with van der Waals surface area (Å²) in [5.41, 5.74) is 3.85. The molecule has 3 N–H and O–H groups in total. The van der Waals surface area contributed by atoms with E-state index < -0.39 is 0 Å². The Hall–Kier alpha value is -3.06. The van der Waals surface area contributed by atoms with Gasteiger partial charge in [0.1, 0.15) is 5.75 Å². The van der Waals surface area contributed by atoms with Crippen LogP contribution in [0.4, 0.5) is 11.4 Å². The second-order valence-corrected chi connectivity index (χ2v) is 7.75. The van der Waals surface area contributed by atoms with Gasteiger partial charge >= 0.3 is 0 Å². The minimum Gasteiger partial charge on any atom is -0.508 e. The number of nitrogens with one attached hydrogen (secondary N) is 2. The summed E-state index contributed by atoms with van der Waals surface area (Å²) >= 11 is 0. The van der Waals surface area contributed by atoms with Crippen molar-refractivity contribution >= 4 is 23.2 Å². The highest BCUT2D eigenvalue weighted by molar-refractivity contribution is 5.96. The third kappa shape index (κ3) is 5.30. The van der Waals surface area contributed by atoms with Crippen LogP contribution in [0.25, 0.3) is 0 Å². The van der Waals surface area contributed by atoms with Gasteiger partial charge < -0.3 is 20.6 Å². The van der Waals surface area contributed by atoms with Crippen LogP contribution in [-0.4, -0.2) is 60.6 Å². The molecule has 2 aromatic carbocycles. The summed E-state index contributed by atoms with van der Waals surface area (Å²) in [4.78, 5) is 29.2. The average Bonchev–Trinajstić information content (AvgIpc) is 2.75. The van der Waals surface area contributed by atoms with Crippen LogP contribution in [0, 0.1) is 13.8 Å². The van der Waals surface area contributed by atoms with Crippen LogP contribution in [0.3, 0.4) is 0 Å². The normalized spacial score (nSPS) is 15.5. The second kappa shape index (κ2) is 9.63. The molecule has 0 spiro atoms. The highest BCUT2D eigenvalue weighted by atomic mass is 16.3. The summed E-state index contributed by atoms with van der Waals surface area (Å²) in [5, 5.41) is 15.1. The van der Waals surface area contributed by atoms with Gasteiger partial charge in [0, 0.05) is 37.6 Å². The van der Waals surface area contributed by atoms with Crippen LogP contribution < -0.4 is 15.5 Å². The molecular weight excluding hydrogens is 380 g/mol. The Kier molecular flexibility index (Phi) is 6.95. The molecule has 1 aliphatic heterocycles. The van der Waals surface area contributed by atoms with Crippen molar-refractivity contribution in [2.45, 2.75) is 26.8 Å². The Morgan fingerprint density at radius 2 is 1.60 bits per heavy atom. The van der Waals surface area contributed by atoms with Gasteiger partial charge in [-0.25, -0.2) is 0 Å². The van der Waals surface area contributed by atoms with Crippen LogP contribution in [0.1, 0.15) is 18.1 Å². The van der Waals surface area contributed by atoms with Gasteiger partial charge in [-0.05, 0) is 56.2 Å². The molecule has 30 heavy (non-hydrogen) atoms. The van der Waals surface area contributed by atoms with Crippen molar-refractivity contribution in [2.75, 3.05) is 42.9 Å². The Balaban J connectivity index is 1.45. The lowest BCUT2D eigenvalue weighted by atomic mass is 10.1. The van der Waals surface area contributed by atoms with Gasteiger partial charge in [0.15, 0.2) is 0 Å². The SMILES string of the molecule is Cc1cccc(C)c1NC(=O)CNC(=O)[C@H](C)N1CCN(c2ccc(O)cc2)CC1. The molecule has 2 aromatic rings. The molecule has 160 valence electrons. The van der Waals surface area contributed by atoms with Crippen molar-refractivity contribution in [1.29, 1.82) is 0 Å². The summed E-state index contributed by atoms with van der Waals surface area (Å²) in [5.74, 6) is -0.126. The summed E-state index contributed by atoms with van der Waals surface area (Å²) in [6.45, 7) is 8.82. The van der Waals surface area contributed by atoms with Crippen LogP contribution in [-0.2, 0) is 9.59 Å². The Labute approximate surface area is 177 Å². The molecule has 0 bridgehead atoms. The van der Waals surface area contributed by atoms with E-state index in [1.54, 1.807) is 12.1 Å². The number of carbonyl (C=O) groups is 2. The first-order chi connectivity index (χ1) is 14.3. The van der Waals surface area contributed by atoms with Gasteiger partial charge in [0.25, 0.3) is 0 Å². The number of aryl methyl sites for hydroxylation is 2. The van der Waals surface area contributed by atoms with E-state index in [2.05, 4.69) is 20.4 Å². The zero-order valence-electron chi connectivity index (χ0n) is 17.8. The quantitative estimate of drug-likeness (QED) is 0.680. The summed E-state index contributed by atoms with van der Waals surface area (Å²) in [6.07, 6.45) is 0. The van der Waals surface area contributed by atoms with Crippen molar-refractivity contribution in [2.24, 2.45) is 0 Å². The number of hydrogen-bond acceptors (Lipinski definition) is 5. The first kappa shape index (κ1) is 21.6. The van der Waals surface area contributed by atoms with Crippen molar-refractivity contribution in [3.05, 3.63) is 53.6 Å². The van der Waals surface area contributed by atoms with Gasteiger partial charge in [-0.15, -0.1) is 0 Å². The molecule has 7 nitrogen and oxygen atoms in total. The number of nitrogens with zero attached hydrogens (tertiary/aromatic N) is 2. The number of piperazine rings is 1. The number of benzene rings is 2. The molecule has 0 radical (unpaired) electrons. The van der Waals surface area contributed by atoms with Gasteiger partial charge in [-0.2, -0.15) is 0 Å². The number of anilines is 2. The van der Waals surface area contributed by atoms with E-state index in [0.29, 0.717) is 0 Å². The third-order valence-corrected chi connectivity index (χ3v) is 5.63. The molecule has 0 saturated carbocycles. The fourth-order valence-corrected chi connectivity index (χ4v) is 3.71. The summed E-state index contributed by atoms with van der Waals surface area (Å²) in [7, 11) is 0. The van der Waals surface area contributed by atoms with Crippen molar-refractivity contribution in [3.63, 3.8) is 0 Å². The lowest BCUT2D eigenvalue weighted by Gasteiger charge is -2.38. The Morgan fingerprint density at radius 1 is 1.00 bits per heavy atom. The van der Waals surface area contributed by atoms with E-state index >= 15 is 0 Å². The minimum absolute atomic E-state index is 0.0512. The van der Waals surface area contributed by atoms with Gasteiger partial charge in [0.2, 0.25) is 11.8 Å². The lowest BCUT2D eigenvalue weighted by Crippen LogP contribution is -2.54. The number of carbonyl (C=O) groups excluding carboxylic acids is 2. The van der Waals surface area contributed by atoms with Gasteiger partial charge in [-0.3, -0.25) is 14.5 Å². The van der Waals surface area contributed by atoms with Gasteiger partial charge in [0.05, 0.1) is 12.6 Å². The van der Waals surface area contributed by atoms with Gasteiger partial charge in [-0.1, -0.05) is 18.2 Å². The molecule has 3 rings (SSSR count). The predicted octanol–water partition coefficient (Wildman–Crippen LogP) is 2.27. The van der Waals surface area contributed by atoms with E-state index in [-0.39, 0.29) is 30.2 Å². The summed E-state index contributed by atoms with van der Waals surface area (Å²) in [6, 6.07) is 12.7. The first-order valence-corrected chi connectivity index (χ1v) is 10.3. The fraction of sp³-hybridized carbons (Fsp3) is 0.391. The lowest BCUT2D eigenvalue weighted by molar-refractivity contribution is -0.128. The maximum Gasteiger partial charge on any atom is 0.243 e. The van der Waals surface area contributed by atoms with Crippen molar-refractivity contribution in [3.8, 4) is 5.75 Å². The van der Waals surface area contributed by atoms with Crippen LogP contribution in [0.2, 0.25) is 0 Å². The predicted molar refractivity (Wildman–Crippen MR) is 119 cm³/mol. The second-order valence-electron chi connectivity index (χ2n) is 7.75. The van der Waals surface area contributed by atoms with E-state index in [9.17, 15) is 14.7 Å². The molecule has 0 aromatic heterocycles. The molecule has 1 saturated heterocycles. The molecule has 1 aliphatic rings. The van der Waals surface area contributed by atoms with E-state index in [0.717, 1.165) is 48.7 Å². The monoisotopic (exact) mass is 410 g/mol. The van der Waals surface area contributed by atoms with Crippen LogP contribution >= 0.6 is 0 Å². The average molecular weight is 411 g/mol. The topological polar surface area (TPSA) is 84.9 Å². The third-order valence-electron chi connectivity index (χ3n) is 5.63. The minimum atomic E-state index is -0.306. The van der Waals surface area contributed by atoms with E-state index in [1.807, 2.05) is 51.1 Å². The first-order valence-electron chi connectivity index (χ1n) is 10.3. The molecular formula is C23H30N4O3. The zero-order valence-corrected chi connectivity index (χ0v) is 17.8. The van der Waals surface area contributed by atoms with Crippen molar-refractivity contribution in [1.82, 2.24) is 10.2 Å². The Bertz CT molecular complexity index is 870. The zero-order chi connectivity index (χ0) is 21.7. The molecule has 1 atom stereocenters.